The van der Waals surface area contributed by atoms with Gasteiger partial charge in [0, 0.05) is 51.0 Å². The SMILES string of the molecule is Cn1ccnc1CCN1Cc2nccc(-c3ccncc3)c2C1=O. The van der Waals surface area contributed by atoms with Crippen molar-refractivity contribution in [2.75, 3.05) is 6.54 Å². The van der Waals surface area contributed by atoms with E-state index in [0.29, 0.717) is 18.7 Å². The van der Waals surface area contributed by atoms with E-state index in [9.17, 15) is 4.79 Å². The zero-order valence-corrected chi connectivity index (χ0v) is 13.4. The molecule has 3 aromatic rings. The summed E-state index contributed by atoms with van der Waals surface area (Å²) in [7, 11) is 1.96. The average Bonchev–Trinajstić information content (AvgIpc) is 3.17. The molecular weight excluding hydrogens is 302 g/mol. The lowest BCUT2D eigenvalue weighted by Gasteiger charge is -2.15. The third kappa shape index (κ3) is 2.46. The lowest BCUT2D eigenvalue weighted by atomic mass is 10.0. The summed E-state index contributed by atoms with van der Waals surface area (Å²) in [4.78, 5) is 27.5. The zero-order chi connectivity index (χ0) is 16.5. The summed E-state index contributed by atoms with van der Waals surface area (Å²) in [5.41, 5.74) is 3.47. The quantitative estimate of drug-likeness (QED) is 0.738. The van der Waals surface area contributed by atoms with Gasteiger partial charge in [-0.25, -0.2) is 4.98 Å². The molecule has 1 aliphatic heterocycles. The van der Waals surface area contributed by atoms with Crippen LogP contribution in [0.3, 0.4) is 0 Å². The molecule has 6 nitrogen and oxygen atoms in total. The highest BCUT2D eigenvalue weighted by Gasteiger charge is 2.31. The van der Waals surface area contributed by atoms with Crippen LogP contribution in [0.15, 0.2) is 49.2 Å². The molecule has 1 amide bonds. The molecule has 4 heterocycles. The highest BCUT2D eigenvalue weighted by atomic mass is 16.2. The Morgan fingerprint density at radius 2 is 1.92 bits per heavy atom. The number of fused-ring (bicyclic) bond motifs is 1. The molecule has 6 heteroatoms. The first-order valence-corrected chi connectivity index (χ1v) is 7.88. The van der Waals surface area contributed by atoms with E-state index in [1.165, 1.54) is 0 Å². The third-order valence-corrected chi connectivity index (χ3v) is 4.39. The predicted octanol–water partition coefficient (Wildman–Crippen LogP) is 2.08. The van der Waals surface area contributed by atoms with Crippen LogP contribution in [0, 0.1) is 0 Å². The first-order chi connectivity index (χ1) is 11.7. The van der Waals surface area contributed by atoms with Crippen LogP contribution < -0.4 is 0 Å². The second-order valence-electron chi connectivity index (χ2n) is 5.85. The number of carbonyl (C=O) groups is 1. The summed E-state index contributed by atoms with van der Waals surface area (Å²) in [5, 5.41) is 0. The fourth-order valence-corrected chi connectivity index (χ4v) is 3.10. The molecular formula is C18H17N5O. The minimum Gasteiger partial charge on any atom is -0.338 e. The first-order valence-electron chi connectivity index (χ1n) is 7.88. The Bertz CT molecular complexity index is 887. The van der Waals surface area contributed by atoms with Crippen LogP contribution in [-0.2, 0) is 20.0 Å². The molecule has 0 bridgehead atoms. The lowest BCUT2D eigenvalue weighted by molar-refractivity contribution is 0.0779. The molecule has 0 unspecified atom stereocenters. The van der Waals surface area contributed by atoms with Crippen molar-refractivity contribution in [3.8, 4) is 11.1 Å². The van der Waals surface area contributed by atoms with Crippen molar-refractivity contribution in [1.29, 1.82) is 0 Å². The molecule has 3 aromatic heterocycles. The molecule has 0 atom stereocenters. The Morgan fingerprint density at radius 3 is 2.67 bits per heavy atom. The molecule has 1 aliphatic rings. The van der Waals surface area contributed by atoms with Gasteiger partial charge in [0.1, 0.15) is 5.82 Å². The number of imidazole rings is 1. The van der Waals surface area contributed by atoms with Gasteiger partial charge in [0.2, 0.25) is 0 Å². The highest BCUT2D eigenvalue weighted by Crippen LogP contribution is 2.31. The van der Waals surface area contributed by atoms with Crippen molar-refractivity contribution in [3.63, 3.8) is 0 Å². The summed E-state index contributed by atoms with van der Waals surface area (Å²) in [6.07, 6.45) is 9.66. The van der Waals surface area contributed by atoms with Gasteiger partial charge in [0.15, 0.2) is 0 Å². The van der Waals surface area contributed by atoms with Gasteiger partial charge in [0.25, 0.3) is 5.91 Å². The second kappa shape index (κ2) is 5.88. The molecule has 0 aromatic carbocycles. The molecule has 24 heavy (non-hydrogen) atoms. The monoisotopic (exact) mass is 319 g/mol. The van der Waals surface area contributed by atoms with Crippen LogP contribution in [0.1, 0.15) is 21.9 Å². The second-order valence-corrected chi connectivity index (χ2v) is 5.85. The topological polar surface area (TPSA) is 63.9 Å². The zero-order valence-electron chi connectivity index (χ0n) is 13.4. The number of nitrogens with zero attached hydrogens (tertiary/aromatic N) is 5. The summed E-state index contributed by atoms with van der Waals surface area (Å²) >= 11 is 0. The lowest BCUT2D eigenvalue weighted by Crippen LogP contribution is -2.27. The summed E-state index contributed by atoms with van der Waals surface area (Å²) in [6, 6.07) is 5.73. The summed E-state index contributed by atoms with van der Waals surface area (Å²) < 4.78 is 1.98. The maximum Gasteiger partial charge on any atom is 0.256 e. The minimum atomic E-state index is 0.0409. The van der Waals surface area contributed by atoms with E-state index in [0.717, 1.165) is 29.1 Å². The smallest absolute Gasteiger partial charge is 0.256 e. The van der Waals surface area contributed by atoms with E-state index in [4.69, 9.17) is 0 Å². The number of hydrogen-bond donors (Lipinski definition) is 0. The van der Waals surface area contributed by atoms with Gasteiger partial charge >= 0.3 is 0 Å². The van der Waals surface area contributed by atoms with Gasteiger partial charge in [-0.15, -0.1) is 0 Å². The van der Waals surface area contributed by atoms with E-state index in [-0.39, 0.29) is 5.91 Å². The molecule has 0 aliphatic carbocycles. The Kier molecular flexibility index (Phi) is 3.57. The molecule has 4 rings (SSSR count). The Balaban J connectivity index is 1.60. The number of hydrogen-bond acceptors (Lipinski definition) is 4. The number of carbonyl (C=O) groups excluding carboxylic acids is 1. The Hall–Kier alpha value is -3.02. The van der Waals surface area contributed by atoms with Crippen molar-refractivity contribution in [3.05, 3.63) is 66.3 Å². The fraction of sp³-hybridized carbons (Fsp3) is 0.222. The Morgan fingerprint density at radius 1 is 1.08 bits per heavy atom. The minimum absolute atomic E-state index is 0.0409. The number of aryl methyl sites for hydroxylation is 1. The largest absolute Gasteiger partial charge is 0.338 e. The number of aromatic nitrogens is 4. The number of pyridine rings is 2. The molecule has 0 saturated carbocycles. The predicted molar refractivity (Wildman–Crippen MR) is 89.1 cm³/mol. The van der Waals surface area contributed by atoms with Gasteiger partial charge < -0.3 is 9.47 Å². The van der Waals surface area contributed by atoms with Gasteiger partial charge in [0.05, 0.1) is 17.8 Å². The van der Waals surface area contributed by atoms with E-state index in [1.807, 2.05) is 40.9 Å². The van der Waals surface area contributed by atoms with Crippen molar-refractivity contribution in [1.82, 2.24) is 24.4 Å². The molecule has 0 radical (unpaired) electrons. The maximum atomic E-state index is 12.9. The molecule has 120 valence electrons. The van der Waals surface area contributed by atoms with Crippen LogP contribution in [0.2, 0.25) is 0 Å². The average molecular weight is 319 g/mol. The molecule has 0 spiro atoms. The van der Waals surface area contributed by atoms with Crippen LogP contribution in [0.25, 0.3) is 11.1 Å². The van der Waals surface area contributed by atoms with Gasteiger partial charge in [-0.05, 0) is 29.3 Å². The summed E-state index contributed by atoms with van der Waals surface area (Å²) in [5.74, 6) is 1.01. The van der Waals surface area contributed by atoms with E-state index < -0.39 is 0 Å². The number of rotatable bonds is 4. The normalized spacial score (nSPS) is 13.4. The van der Waals surface area contributed by atoms with E-state index in [2.05, 4.69) is 15.0 Å². The van der Waals surface area contributed by atoms with Gasteiger partial charge in [-0.2, -0.15) is 0 Å². The van der Waals surface area contributed by atoms with Crippen LogP contribution in [0.4, 0.5) is 0 Å². The molecule has 0 fully saturated rings. The van der Waals surface area contributed by atoms with Crippen molar-refractivity contribution < 1.29 is 4.79 Å². The fourth-order valence-electron chi connectivity index (χ4n) is 3.10. The molecule has 0 N–H and O–H groups in total. The maximum absolute atomic E-state index is 12.9. The first kappa shape index (κ1) is 14.6. The molecule has 0 saturated heterocycles. The third-order valence-electron chi connectivity index (χ3n) is 4.39. The van der Waals surface area contributed by atoms with Crippen molar-refractivity contribution in [2.24, 2.45) is 7.05 Å². The van der Waals surface area contributed by atoms with E-state index in [1.54, 1.807) is 24.8 Å². The number of amides is 1. The van der Waals surface area contributed by atoms with Crippen molar-refractivity contribution in [2.45, 2.75) is 13.0 Å². The van der Waals surface area contributed by atoms with Crippen LogP contribution in [0.5, 0.6) is 0 Å². The standard InChI is InChI=1S/C18H17N5O/c1-22-11-9-21-16(22)5-10-23-12-15-17(18(23)24)14(4-8-20-15)13-2-6-19-7-3-13/h2-4,6-9,11H,5,10,12H2,1H3. The van der Waals surface area contributed by atoms with Crippen LogP contribution >= 0.6 is 0 Å². The van der Waals surface area contributed by atoms with Gasteiger partial charge in [-0.3, -0.25) is 14.8 Å². The Labute approximate surface area is 139 Å². The van der Waals surface area contributed by atoms with Gasteiger partial charge in [-0.1, -0.05) is 0 Å². The summed E-state index contributed by atoms with van der Waals surface area (Å²) in [6.45, 7) is 1.19. The van der Waals surface area contributed by atoms with Crippen molar-refractivity contribution >= 4 is 5.91 Å². The van der Waals surface area contributed by atoms with Crippen LogP contribution in [-0.4, -0.2) is 36.9 Å². The van der Waals surface area contributed by atoms with E-state index >= 15 is 0 Å². The highest BCUT2D eigenvalue weighted by molar-refractivity contribution is 6.03.